The summed E-state index contributed by atoms with van der Waals surface area (Å²) < 4.78 is -2.31. The van der Waals surface area contributed by atoms with Gasteiger partial charge < -0.3 is 0 Å². The number of nitrogens with zero attached hydrogens (tertiary/aromatic N) is 1. The summed E-state index contributed by atoms with van der Waals surface area (Å²) in [6.45, 7) is 18.9. The van der Waals surface area contributed by atoms with Gasteiger partial charge in [-0.15, -0.1) is 0 Å². The second kappa shape index (κ2) is 7.42. The van der Waals surface area contributed by atoms with Crippen molar-refractivity contribution in [3.05, 3.63) is 4.86 Å². The van der Waals surface area contributed by atoms with Gasteiger partial charge in [0.2, 0.25) is 0 Å². The molecule has 0 heterocycles. The zero-order valence-corrected chi connectivity index (χ0v) is 18.9. The Labute approximate surface area is 133 Å². The van der Waals surface area contributed by atoms with Gasteiger partial charge in [-0.05, 0) is 0 Å². The fourth-order valence-electron chi connectivity index (χ4n) is 1.82. The zero-order chi connectivity index (χ0) is 14.0. The summed E-state index contributed by atoms with van der Waals surface area (Å²) in [5.74, 6) is 0. The normalized spacial score (nSPS) is 14.4. The van der Waals surface area contributed by atoms with Crippen LogP contribution in [0.2, 0.25) is 0 Å². The molecule has 0 saturated carbocycles. The van der Waals surface area contributed by atoms with Crippen molar-refractivity contribution >= 4 is 51.7 Å². The van der Waals surface area contributed by atoms with Crippen molar-refractivity contribution in [2.75, 3.05) is 0 Å². The minimum absolute atomic E-state index is 0.728. The molecule has 0 unspecified atom stereocenters. The van der Waals surface area contributed by atoms with E-state index in [0.717, 1.165) is 22.6 Å². The molecule has 0 aliphatic carbocycles. The maximum absolute atomic E-state index is 5.57. The van der Waals surface area contributed by atoms with Crippen LogP contribution in [0.3, 0.4) is 0 Å². The second-order valence-corrected chi connectivity index (χ2v) is 23.4. The van der Waals surface area contributed by atoms with Crippen LogP contribution in [0.4, 0.5) is 0 Å². The molecule has 104 valence electrons. The first-order valence-corrected chi connectivity index (χ1v) is 16.3. The summed E-state index contributed by atoms with van der Waals surface area (Å²) in [6.07, 6.45) is 0. The molecule has 0 fully saturated rings. The van der Waals surface area contributed by atoms with E-state index in [9.17, 15) is 0 Å². The molecule has 5 heteroatoms. The summed E-state index contributed by atoms with van der Waals surface area (Å²) in [5, 5.41) is 0. The first-order valence-electron chi connectivity index (χ1n) is 6.42. The van der Waals surface area contributed by atoms with E-state index in [1.165, 1.54) is 0 Å². The molecule has 0 bridgehead atoms. The van der Waals surface area contributed by atoms with Crippen LogP contribution in [-0.4, -0.2) is 65.1 Å². The molecule has 0 aliphatic rings. The molecule has 1 nitrogen and oxygen atoms in total. The molecule has 0 spiro atoms. The van der Waals surface area contributed by atoms with Gasteiger partial charge >= 0.3 is 135 Å². The van der Waals surface area contributed by atoms with Gasteiger partial charge in [0.1, 0.15) is 0 Å². The van der Waals surface area contributed by atoms with Crippen molar-refractivity contribution in [2.45, 2.75) is 78.0 Å². The molecule has 17 heavy (non-hydrogen) atoms. The third kappa shape index (κ3) is 4.71. The Balaban J connectivity index is 5.39. The van der Waals surface area contributed by atoms with Gasteiger partial charge in [0, 0.05) is 0 Å². The Morgan fingerprint density at radius 3 is 0.882 bits per heavy atom. The molecular weight excluding hydrogens is 475 g/mol. The van der Waals surface area contributed by atoms with E-state index in [1.807, 2.05) is 0 Å². The summed E-state index contributed by atoms with van der Waals surface area (Å²) in [5.41, 5.74) is 2.91. The quantitative estimate of drug-likeness (QED) is 0.357. The maximum atomic E-state index is 5.57. The molecular formula is C12H28NP2Te2-. The average molecular weight is 504 g/mol. The van der Waals surface area contributed by atoms with Gasteiger partial charge in [-0.3, -0.25) is 0 Å². The SMILES string of the molecule is CC(C)P(=[Te])([N-]P(=[Te])(C(C)C)C(C)C)C(C)C. The minimum atomic E-state index is -1.16. The topological polar surface area (TPSA) is 14.1 Å². The van der Waals surface area contributed by atoms with Crippen molar-refractivity contribution in [1.29, 1.82) is 0 Å². The van der Waals surface area contributed by atoms with E-state index < -0.39 is 9.28 Å². The molecule has 0 aromatic carbocycles. The molecule has 0 radical (unpaired) electrons. The molecule has 0 aromatic heterocycles. The summed E-state index contributed by atoms with van der Waals surface area (Å²) in [4.78, 5) is 5.57. The summed E-state index contributed by atoms with van der Waals surface area (Å²) in [7, 11) is 0. The predicted octanol–water partition coefficient (Wildman–Crippen LogP) is 5.03. The van der Waals surface area contributed by atoms with Crippen LogP contribution in [0.1, 0.15) is 55.4 Å². The molecule has 0 saturated heterocycles. The molecule has 0 atom stereocenters. The van der Waals surface area contributed by atoms with E-state index in [4.69, 9.17) is 4.86 Å². The summed E-state index contributed by atoms with van der Waals surface area (Å²) >= 11 is 4.76. The molecule has 0 rings (SSSR count). The molecule has 0 amide bonds. The fourth-order valence-corrected chi connectivity index (χ4v) is 19.5. The van der Waals surface area contributed by atoms with Crippen LogP contribution >= 0.6 is 9.28 Å². The van der Waals surface area contributed by atoms with Gasteiger partial charge in [-0.25, -0.2) is 0 Å². The zero-order valence-electron chi connectivity index (χ0n) is 12.5. The van der Waals surface area contributed by atoms with E-state index >= 15 is 0 Å². The first-order chi connectivity index (χ1) is 7.48. The van der Waals surface area contributed by atoms with Gasteiger partial charge in [-0.2, -0.15) is 0 Å². The van der Waals surface area contributed by atoms with Gasteiger partial charge in [0.25, 0.3) is 0 Å². The Hall–Kier alpha value is 2.40. The predicted molar refractivity (Wildman–Crippen MR) is 89.3 cm³/mol. The first kappa shape index (κ1) is 19.4. The molecule has 0 aliphatic heterocycles. The molecule has 0 aromatic rings. The van der Waals surface area contributed by atoms with Crippen molar-refractivity contribution in [3.8, 4) is 0 Å². The van der Waals surface area contributed by atoms with Gasteiger partial charge in [0.05, 0.1) is 0 Å². The van der Waals surface area contributed by atoms with Crippen molar-refractivity contribution < 1.29 is 0 Å². The van der Waals surface area contributed by atoms with Crippen LogP contribution in [0, 0.1) is 0 Å². The Morgan fingerprint density at radius 1 is 0.588 bits per heavy atom. The third-order valence-corrected chi connectivity index (χ3v) is 29.6. The average Bonchev–Trinajstić information content (AvgIpc) is 2.15. The standard InChI is InChI=1S/C12H28NP2Te2/c1-9(2)14(16,10(3)4)13-15(17,11(5)6)12(7)8/h9-12H,1-8H3/q-1. The van der Waals surface area contributed by atoms with Crippen LogP contribution in [-0.2, 0) is 0 Å². The summed E-state index contributed by atoms with van der Waals surface area (Å²) in [6, 6.07) is 0. The fraction of sp³-hybridized carbons (Fsp3) is 1.00. The number of hydrogen-bond donors (Lipinski definition) is 0. The second-order valence-electron chi connectivity index (χ2n) is 5.81. The van der Waals surface area contributed by atoms with E-state index in [0.29, 0.717) is 0 Å². The van der Waals surface area contributed by atoms with Gasteiger partial charge in [0.15, 0.2) is 0 Å². The van der Waals surface area contributed by atoms with Crippen molar-refractivity contribution in [2.24, 2.45) is 0 Å². The van der Waals surface area contributed by atoms with Crippen LogP contribution < -0.4 is 0 Å². The molecule has 0 N–H and O–H groups in total. The Kier molecular flexibility index (Phi) is 8.47. The van der Waals surface area contributed by atoms with Gasteiger partial charge in [-0.1, -0.05) is 0 Å². The van der Waals surface area contributed by atoms with Crippen LogP contribution in [0.15, 0.2) is 0 Å². The van der Waals surface area contributed by atoms with E-state index in [1.54, 1.807) is 0 Å². The van der Waals surface area contributed by atoms with Crippen molar-refractivity contribution in [3.63, 3.8) is 0 Å². The third-order valence-electron chi connectivity index (χ3n) is 3.24. The van der Waals surface area contributed by atoms with E-state index in [2.05, 4.69) is 97.9 Å². The number of rotatable bonds is 6. The van der Waals surface area contributed by atoms with Crippen molar-refractivity contribution in [1.82, 2.24) is 0 Å². The van der Waals surface area contributed by atoms with E-state index in [-0.39, 0.29) is 0 Å². The Bertz CT molecular complexity index is 279. The van der Waals surface area contributed by atoms with Crippen LogP contribution in [0.5, 0.6) is 0 Å². The Morgan fingerprint density at radius 2 is 0.765 bits per heavy atom. The monoisotopic (exact) mass is 508 g/mol. The number of hydrogen-bond acceptors (Lipinski definition) is 0. The van der Waals surface area contributed by atoms with Crippen LogP contribution in [0.25, 0.3) is 4.86 Å².